The van der Waals surface area contributed by atoms with Gasteiger partial charge >= 0.3 is 7.66 Å². The molecule has 2 bridgehead atoms. The number of amidine groups is 1. The number of hydrogen-bond acceptors (Lipinski definition) is 2. The van der Waals surface area contributed by atoms with E-state index >= 15 is 0 Å². The van der Waals surface area contributed by atoms with Crippen LogP contribution in [0.15, 0.2) is 217 Å². The molecular weight excluding hydrogens is 860 g/mol. The SMILES string of the molecule is CCc1c2cccc1n(-c1ccc3c(c1)c1cc4c(cc1n3C1=NC(c3ccccc3)=NC(c3ccccc3)=CC1)C(C)(C)c1ccccc1-4)c1cccc3c4cccc[n+]4p(c31)[n+]1ccccc21. The van der Waals surface area contributed by atoms with Gasteiger partial charge in [-0.1, -0.05) is 124 Å². The molecule has 6 nitrogen and oxygen atoms in total. The van der Waals surface area contributed by atoms with Crippen molar-refractivity contribution in [2.24, 2.45) is 9.98 Å². The summed E-state index contributed by atoms with van der Waals surface area (Å²) in [6.07, 6.45) is 8.29. The average molecular weight is 907 g/mol. The highest BCUT2D eigenvalue weighted by Crippen LogP contribution is 2.51. The van der Waals surface area contributed by atoms with Crippen LogP contribution in [0, 0.1) is 0 Å². The van der Waals surface area contributed by atoms with Gasteiger partial charge in [0.05, 0.1) is 38.5 Å². The second kappa shape index (κ2) is 15.2. The molecule has 0 spiro atoms. The van der Waals surface area contributed by atoms with Crippen LogP contribution in [0.2, 0.25) is 0 Å². The number of allylic oxidation sites excluding steroid dienone is 1. The molecule has 1 aliphatic heterocycles. The van der Waals surface area contributed by atoms with E-state index in [-0.39, 0.29) is 5.41 Å². The number of rotatable bonds is 4. The van der Waals surface area contributed by atoms with Gasteiger partial charge in [0.25, 0.3) is 0 Å². The maximum absolute atomic E-state index is 5.58. The highest BCUT2D eigenvalue weighted by molar-refractivity contribution is 7.38. The summed E-state index contributed by atoms with van der Waals surface area (Å²) in [5.41, 5.74) is 17.7. The monoisotopic (exact) mass is 906 g/mol. The van der Waals surface area contributed by atoms with Crippen molar-refractivity contribution in [2.45, 2.75) is 39.0 Å². The van der Waals surface area contributed by atoms with Gasteiger partial charge in [0.15, 0.2) is 23.3 Å². The molecule has 1 atom stereocenters. The molecule has 12 aromatic rings. The van der Waals surface area contributed by atoms with E-state index in [0.29, 0.717) is 12.3 Å². The summed E-state index contributed by atoms with van der Waals surface area (Å²) in [6.45, 7) is 7.05. The van der Waals surface area contributed by atoms with Gasteiger partial charge in [-0.25, -0.2) is 9.98 Å². The largest absolute Gasteiger partial charge is 0.450 e. The molecule has 0 saturated heterocycles. The predicted octanol–water partition coefficient (Wildman–Crippen LogP) is 14.4. The van der Waals surface area contributed by atoms with Crippen molar-refractivity contribution < 1.29 is 8.33 Å². The minimum Gasteiger partial charge on any atom is -0.309 e. The maximum Gasteiger partial charge on any atom is 0.450 e. The van der Waals surface area contributed by atoms with Gasteiger partial charge < -0.3 is 4.57 Å². The molecule has 7 heteroatoms. The number of pyridine rings is 2. The summed E-state index contributed by atoms with van der Waals surface area (Å²) in [5.74, 6) is 1.64. The third-order valence-electron chi connectivity index (χ3n) is 14.8. The zero-order chi connectivity index (χ0) is 46.0. The fourth-order valence-electron chi connectivity index (χ4n) is 11.7. The van der Waals surface area contributed by atoms with Crippen LogP contribution in [0.5, 0.6) is 0 Å². The number of aryl methyl sites for hydroxylation is 1. The molecule has 1 unspecified atom stereocenters. The second-order valence-corrected chi connectivity index (χ2v) is 20.8. The van der Waals surface area contributed by atoms with Crippen molar-refractivity contribution >= 4 is 84.8 Å². The lowest BCUT2D eigenvalue weighted by Crippen LogP contribution is -2.26. The van der Waals surface area contributed by atoms with Crippen LogP contribution < -0.4 is 8.33 Å². The van der Waals surface area contributed by atoms with Crippen molar-refractivity contribution in [3.05, 3.63) is 234 Å². The van der Waals surface area contributed by atoms with Crippen molar-refractivity contribution in [3.8, 4) is 16.8 Å². The Hall–Kier alpha value is -8.18. The number of hydrogen-bond donors (Lipinski definition) is 0. The van der Waals surface area contributed by atoms with E-state index < -0.39 is 7.66 Å². The van der Waals surface area contributed by atoms with E-state index in [0.717, 1.165) is 45.8 Å². The molecule has 14 rings (SSSR count). The first-order valence-corrected chi connectivity index (χ1v) is 25.3. The Morgan fingerprint density at radius 2 is 1.19 bits per heavy atom. The molecule has 0 radical (unpaired) electrons. The number of fused-ring (bicyclic) bond motifs is 14. The normalized spacial score (nSPS) is 14.7. The van der Waals surface area contributed by atoms with Gasteiger partial charge in [0.1, 0.15) is 5.84 Å². The summed E-state index contributed by atoms with van der Waals surface area (Å²) in [4.78, 5) is 10.9. The summed E-state index contributed by atoms with van der Waals surface area (Å²) in [7, 11) is -1.04. The lowest BCUT2D eigenvalue weighted by Gasteiger charge is -2.21. The zero-order valence-electron chi connectivity index (χ0n) is 38.7. The number of aliphatic imine (C=N–C) groups is 2. The summed E-state index contributed by atoms with van der Waals surface area (Å²) in [5, 5.41) is 6.28. The van der Waals surface area contributed by atoms with E-state index in [1.807, 2.05) is 0 Å². The molecule has 1 aliphatic carbocycles. The van der Waals surface area contributed by atoms with Gasteiger partial charge in [-0.15, -0.1) is 8.33 Å². The van der Waals surface area contributed by atoms with Crippen molar-refractivity contribution in [1.82, 2.24) is 9.13 Å². The van der Waals surface area contributed by atoms with E-state index in [1.165, 1.54) is 76.5 Å². The van der Waals surface area contributed by atoms with Crippen LogP contribution in [0.4, 0.5) is 0 Å². The molecule has 2 aliphatic rings. The average Bonchev–Trinajstić information content (AvgIpc) is 3.90. The molecule has 328 valence electrons. The predicted molar refractivity (Wildman–Crippen MR) is 286 cm³/mol. The lowest BCUT2D eigenvalue weighted by atomic mass is 9.82. The van der Waals surface area contributed by atoms with Crippen LogP contribution in [-0.4, -0.2) is 20.8 Å². The Morgan fingerprint density at radius 3 is 1.96 bits per heavy atom. The molecular formula is C62H47N6P+2. The maximum atomic E-state index is 5.58. The number of nitrogens with zero attached hydrogens (tertiary/aromatic N) is 6. The second-order valence-electron chi connectivity index (χ2n) is 18.9. The Labute approximate surface area is 400 Å². The van der Waals surface area contributed by atoms with Gasteiger partial charge in [0, 0.05) is 58.1 Å². The lowest BCUT2D eigenvalue weighted by molar-refractivity contribution is -0.510. The van der Waals surface area contributed by atoms with Crippen LogP contribution in [0.3, 0.4) is 0 Å². The Morgan fingerprint density at radius 1 is 0.522 bits per heavy atom. The molecule has 0 N–H and O–H groups in total. The molecule has 69 heavy (non-hydrogen) atoms. The van der Waals surface area contributed by atoms with Crippen LogP contribution in [-0.2, 0) is 11.8 Å². The van der Waals surface area contributed by atoms with Crippen molar-refractivity contribution in [3.63, 3.8) is 0 Å². The molecule has 0 saturated carbocycles. The number of benzene rings is 7. The van der Waals surface area contributed by atoms with E-state index in [9.17, 15) is 0 Å². The van der Waals surface area contributed by atoms with Gasteiger partial charge in [0.2, 0.25) is 11.0 Å². The number of aromatic nitrogens is 4. The fraction of sp³-hybridized carbons (Fsp3) is 0.0968. The summed E-state index contributed by atoms with van der Waals surface area (Å²) >= 11 is 0. The molecule has 0 amide bonds. The first-order valence-electron chi connectivity index (χ1n) is 24.0. The first kappa shape index (κ1) is 39.9. The van der Waals surface area contributed by atoms with Crippen LogP contribution in [0.1, 0.15) is 55.0 Å². The quantitative estimate of drug-likeness (QED) is 0.169. The minimum absolute atomic E-state index is 0.184. The Bertz CT molecular complexity index is 4280. The summed E-state index contributed by atoms with van der Waals surface area (Å²) < 4.78 is 10.1. The third-order valence-corrected chi connectivity index (χ3v) is 17.2. The van der Waals surface area contributed by atoms with Gasteiger partial charge in [-0.05, 0) is 107 Å². The summed E-state index contributed by atoms with van der Waals surface area (Å²) in [6, 6.07) is 69.1. The smallest absolute Gasteiger partial charge is 0.309 e. The standard InChI is InChI=1S/C62H47N6P/c1-4-43-45-24-17-29-55(43)67(57-30-18-25-46-54-28-14-16-36-66(54)69(60(46)57)65-35-15-13-27-53(45)65)42-31-33-56-48(37-42)49-38-47-44-23-11-12-26-50(44)62(2,3)51(47)39-58(49)68(56)59-34-32-52(40-19-7-5-8-20-40)63-61(64-59)41-21-9-6-10-22-41/h5-33,35-39H,4,34H2,1-3H3/q+2. The van der Waals surface area contributed by atoms with Crippen LogP contribution >= 0.6 is 7.66 Å². The van der Waals surface area contributed by atoms with E-state index in [4.69, 9.17) is 9.98 Å². The molecule has 7 aromatic carbocycles. The van der Waals surface area contributed by atoms with Crippen molar-refractivity contribution in [2.75, 3.05) is 0 Å². The van der Waals surface area contributed by atoms with Crippen LogP contribution in [0.25, 0.3) is 82.3 Å². The third kappa shape index (κ3) is 5.85. The van der Waals surface area contributed by atoms with Crippen molar-refractivity contribution in [1.29, 1.82) is 0 Å². The minimum atomic E-state index is -1.04. The molecule has 6 heterocycles. The Balaban J connectivity index is 1.12. The topological polar surface area (TPSA) is 42.8 Å². The highest BCUT2D eigenvalue weighted by Gasteiger charge is 2.37. The first-order chi connectivity index (χ1) is 34.0. The van der Waals surface area contributed by atoms with E-state index in [1.54, 1.807) is 0 Å². The molecule has 0 fully saturated rings. The fourth-order valence-corrected chi connectivity index (χ4v) is 14.3. The van der Waals surface area contributed by atoms with Gasteiger partial charge in [-0.2, -0.15) is 0 Å². The van der Waals surface area contributed by atoms with Gasteiger partial charge in [-0.3, -0.25) is 4.57 Å². The Kier molecular flexibility index (Phi) is 8.78. The molecule has 5 aromatic heterocycles. The highest BCUT2D eigenvalue weighted by atomic mass is 31.1. The van der Waals surface area contributed by atoms with E-state index in [2.05, 4.69) is 245 Å². The zero-order valence-corrected chi connectivity index (χ0v) is 39.6.